The van der Waals surface area contributed by atoms with Gasteiger partial charge in [-0.2, -0.15) is 0 Å². The lowest BCUT2D eigenvalue weighted by Crippen LogP contribution is -2.54. The van der Waals surface area contributed by atoms with Crippen molar-refractivity contribution in [1.29, 1.82) is 0 Å². The number of hydrogen-bond acceptors (Lipinski definition) is 0. The molecule has 118 valence electrons. The SMILES string of the molecule is CCCCCC12C3c4ccccc4C1C1C3C12CCCCC. The average Bonchev–Trinajstić information content (AvgIpc) is 2.82. The zero-order valence-electron chi connectivity index (χ0n) is 14.3. The highest BCUT2D eigenvalue weighted by atomic mass is 15.0. The predicted molar refractivity (Wildman–Crippen MR) is 92.1 cm³/mol. The van der Waals surface area contributed by atoms with Crippen LogP contribution in [0, 0.1) is 22.7 Å². The van der Waals surface area contributed by atoms with Crippen molar-refractivity contribution < 1.29 is 0 Å². The molecule has 0 amide bonds. The van der Waals surface area contributed by atoms with Crippen LogP contribution in [-0.2, 0) is 0 Å². The van der Waals surface area contributed by atoms with Crippen molar-refractivity contribution in [3.05, 3.63) is 35.4 Å². The van der Waals surface area contributed by atoms with Crippen LogP contribution in [0.2, 0.25) is 0 Å². The van der Waals surface area contributed by atoms with Gasteiger partial charge in [0.05, 0.1) is 0 Å². The first-order valence-electron chi connectivity index (χ1n) is 9.93. The molecule has 4 atom stereocenters. The Morgan fingerprint density at radius 2 is 1.23 bits per heavy atom. The summed E-state index contributed by atoms with van der Waals surface area (Å²) in [5, 5.41) is 0. The molecule has 0 aliphatic heterocycles. The van der Waals surface area contributed by atoms with Crippen LogP contribution in [0.25, 0.3) is 0 Å². The molecule has 0 radical (unpaired) electrons. The highest BCUT2D eigenvalue weighted by Gasteiger charge is 3.00. The third-order valence-corrected chi connectivity index (χ3v) is 8.22. The second-order valence-electron chi connectivity index (χ2n) is 8.63. The Hall–Kier alpha value is -0.780. The third kappa shape index (κ3) is 1.19. The molecule has 1 aromatic carbocycles. The van der Waals surface area contributed by atoms with E-state index in [-0.39, 0.29) is 0 Å². The summed E-state index contributed by atoms with van der Waals surface area (Å²) in [6.45, 7) is 4.70. The lowest BCUT2D eigenvalue weighted by Gasteiger charge is -2.60. The first-order valence-corrected chi connectivity index (χ1v) is 9.93. The smallest absolute Gasteiger partial charge is 0.00540 e. The normalized spacial score (nSPS) is 44.8. The zero-order valence-corrected chi connectivity index (χ0v) is 14.3. The summed E-state index contributed by atoms with van der Waals surface area (Å²) in [4.78, 5) is 0. The van der Waals surface area contributed by atoms with Gasteiger partial charge in [0, 0.05) is 0 Å². The Morgan fingerprint density at radius 3 is 1.73 bits per heavy atom. The van der Waals surface area contributed by atoms with Crippen LogP contribution in [0.15, 0.2) is 24.3 Å². The molecule has 0 N–H and O–H groups in total. The van der Waals surface area contributed by atoms with Crippen molar-refractivity contribution >= 4 is 0 Å². The van der Waals surface area contributed by atoms with Gasteiger partial charge in [0.2, 0.25) is 0 Å². The van der Waals surface area contributed by atoms with Gasteiger partial charge >= 0.3 is 0 Å². The summed E-state index contributed by atoms with van der Waals surface area (Å²) in [7, 11) is 0. The molecule has 0 spiro atoms. The molecular formula is C22H30. The van der Waals surface area contributed by atoms with Gasteiger partial charge < -0.3 is 0 Å². The maximum absolute atomic E-state index is 2.47. The maximum atomic E-state index is 2.47. The van der Waals surface area contributed by atoms with E-state index in [2.05, 4.69) is 38.1 Å². The summed E-state index contributed by atoms with van der Waals surface area (Å²) in [6.07, 6.45) is 11.7. The molecule has 4 aliphatic rings. The van der Waals surface area contributed by atoms with E-state index in [1.54, 1.807) is 17.5 Å². The van der Waals surface area contributed by atoms with Gasteiger partial charge in [-0.3, -0.25) is 0 Å². The molecule has 4 unspecified atom stereocenters. The molecule has 0 heteroatoms. The van der Waals surface area contributed by atoms with Crippen molar-refractivity contribution in [1.82, 2.24) is 0 Å². The maximum Gasteiger partial charge on any atom is -0.00540 e. The number of hydrogen-bond donors (Lipinski definition) is 0. The Kier molecular flexibility index (Phi) is 2.73. The number of rotatable bonds is 8. The van der Waals surface area contributed by atoms with Gasteiger partial charge in [-0.15, -0.1) is 0 Å². The Bertz CT molecular complexity index is 561. The quantitative estimate of drug-likeness (QED) is 0.495. The summed E-state index contributed by atoms with van der Waals surface area (Å²) in [5.41, 5.74) is 5.10. The number of benzene rings is 1. The van der Waals surface area contributed by atoms with E-state index < -0.39 is 0 Å². The van der Waals surface area contributed by atoms with E-state index in [1.807, 2.05) is 0 Å². The second-order valence-corrected chi connectivity index (χ2v) is 8.63. The molecule has 0 heterocycles. The lowest BCUT2D eigenvalue weighted by molar-refractivity contribution is -0.0919. The van der Waals surface area contributed by atoms with Gasteiger partial charge in [0.1, 0.15) is 0 Å². The minimum atomic E-state index is 0.731. The van der Waals surface area contributed by atoms with E-state index in [0.29, 0.717) is 0 Å². The Morgan fingerprint density at radius 1 is 0.727 bits per heavy atom. The summed E-state index contributed by atoms with van der Waals surface area (Å²) in [5.74, 6) is 4.14. The topological polar surface area (TPSA) is 0 Å². The van der Waals surface area contributed by atoms with E-state index in [0.717, 1.165) is 34.5 Å². The van der Waals surface area contributed by atoms with Crippen LogP contribution in [0.5, 0.6) is 0 Å². The summed E-state index contributed by atoms with van der Waals surface area (Å²) < 4.78 is 0. The van der Waals surface area contributed by atoms with Gasteiger partial charge in [-0.05, 0) is 58.5 Å². The zero-order chi connectivity index (χ0) is 14.9. The summed E-state index contributed by atoms with van der Waals surface area (Å²) in [6, 6.07) is 9.52. The Balaban J connectivity index is 1.44. The monoisotopic (exact) mass is 294 g/mol. The number of fused-ring (bicyclic) bond motifs is 6. The molecule has 22 heavy (non-hydrogen) atoms. The van der Waals surface area contributed by atoms with E-state index in [4.69, 9.17) is 0 Å². The first-order chi connectivity index (χ1) is 10.8. The van der Waals surface area contributed by atoms with E-state index in [1.165, 1.54) is 44.9 Å². The largest absolute Gasteiger partial charge is 0.0654 e. The van der Waals surface area contributed by atoms with Crippen molar-refractivity contribution in [2.24, 2.45) is 22.7 Å². The standard InChI is InChI=1S/C22H30/c1-3-5-9-13-21-17-15-11-7-8-12-16(15)18(21)20-19(17)22(20,21)14-10-6-4-2/h7-8,11-12,17-20H,3-6,9-10,13-14H2,1-2H3. The van der Waals surface area contributed by atoms with Gasteiger partial charge in [-0.25, -0.2) is 0 Å². The van der Waals surface area contributed by atoms with Crippen LogP contribution < -0.4 is 0 Å². The molecule has 3 fully saturated rings. The highest BCUT2D eigenvalue weighted by molar-refractivity contribution is 5.64. The molecule has 0 nitrogen and oxygen atoms in total. The van der Waals surface area contributed by atoms with E-state index >= 15 is 0 Å². The molecule has 0 aromatic heterocycles. The van der Waals surface area contributed by atoms with E-state index in [9.17, 15) is 0 Å². The molecule has 5 rings (SSSR count). The summed E-state index contributed by atoms with van der Waals surface area (Å²) >= 11 is 0. The van der Waals surface area contributed by atoms with Gasteiger partial charge in [0.15, 0.2) is 0 Å². The Labute approximate surface area is 135 Å². The van der Waals surface area contributed by atoms with Crippen molar-refractivity contribution in [2.45, 2.75) is 77.0 Å². The second kappa shape index (κ2) is 4.40. The van der Waals surface area contributed by atoms with Crippen LogP contribution in [0.4, 0.5) is 0 Å². The van der Waals surface area contributed by atoms with Crippen molar-refractivity contribution in [3.63, 3.8) is 0 Å². The molecule has 0 saturated heterocycles. The molecule has 0 bridgehead atoms. The molecular weight excluding hydrogens is 264 g/mol. The molecule has 1 aromatic rings. The fraction of sp³-hybridized carbons (Fsp3) is 0.727. The number of unbranched alkanes of at least 4 members (excludes halogenated alkanes) is 4. The fourth-order valence-corrected chi connectivity index (χ4v) is 7.81. The van der Waals surface area contributed by atoms with Gasteiger partial charge in [-0.1, -0.05) is 76.6 Å². The minimum absolute atomic E-state index is 0.731. The van der Waals surface area contributed by atoms with Crippen molar-refractivity contribution in [3.8, 4) is 0 Å². The third-order valence-electron chi connectivity index (χ3n) is 8.22. The fourth-order valence-electron chi connectivity index (χ4n) is 7.81. The predicted octanol–water partition coefficient (Wildman–Crippen LogP) is 6.27. The highest BCUT2D eigenvalue weighted by Crippen LogP contribution is 3.06. The molecule has 3 saturated carbocycles. The lowest BCUT2D eigenvalue weighted by atomic mass is 9.43. The van der Waals surface area contributed by atoms with Gasteiger partial charge in [0.25, 0.3) is 0 Å². The minimum Gasteiger partial charge on any atom is -0.0654 e. The molecule has 4 aliphatic carbocycles. The average molecular weight is 294 g/mol. The van der Waals surface area contributed by atoms with Crippen LogP contribution >= 0.6 is 0 Å². The first kappa shape index (κ1) is 13.6. The van der Waals surface area contributed by atoms with Crippen LogP contribution in [0.1, 0.15) is 88.2 Å². The van der Waals surface area contributed by atoms with Crippen molar-refractivity contribution in [2.75, 3.05) is 0 Å². The van der Waals surface area contributed by atoms with Crippen LogP contribution in [-0.4, -0.2) is 0 Å². The van der Waals surface area contributed by atoms with Crippen LogP contribution in [0.3, 0.4) is 0 Å².